The predicted molar refractivity (Wildman–Crippen MR) is 113 cm³/mol. The third kappa shape index (κ3) is 6.91. The van der Waals surface area contributed by atoms with E-state index in [-0.39, 0.29) is 12.5 Å². The van der Waals surface area contributed by atoms with Gasteiger partial charge in [-0.05, 0) is 35.4 Å². The van der Waals surface area contributed by atoms with Crippen LogP contribution in [0, 0.1) is 0 Å². The third-order valence-corrected chi connectivity index (χ3v) is 4.20. The van der Waals surface area contributed by atoms with Gasteiger partial charge in [0.25, 0.3) is 0 Å². The molecular weight excluding hydrogens is 372 g/mol. The highest BCUT2D eigenvalue weighted by Gasteiger charge is 2.07. The van der Waals surface area contributed by atoms with Crippen molar-refractivity contribution < 1.29 is 19.0 Å². The molecule has 1 amide bonds. The van der Waals surface area contributed by atoms with Crippen LogP contribution < -0.4 is 30.2 Å². The zero-order valence-corrected chi connectivity index (χ0v) is 17.2. The molecule has 0 aliphatic heterocycles. The Morgan fingerprint density at radius 3 is 2.10 bits per heavy atom. The van der Waals surface area contributed by atoms with Gasteiger partial charge in [-0.1, -0.05) is 18.2 Å². The molecule has 0 aliphatic carbocycles. The molecule has 8 nitrogen and oxygen atoms in total. The Hall–Kier alpha value is -3.42. The van der Waals surface area contributed by atoms with Crippen LogP contribution in [0.4, 0.5) is 0 Å². The Balaban J connectivity index is 1.77. The van der Waals surface area contributed by atoms with Crippen molar-refractivity contribution in [3.05, 3.63) is 53.6 Å². The van der Waals surface area contributed by atoms with E-state index in [1.807, 2.05) is 42.5 Å². The van der Waals surface area contributed by atoms with Gasteiger partial charge in [0.1, 0.15) is 5.75 Å². The number of hydrogen-bond donors (Lipinski definition) is 3. The molecule has 0 spiro atoms. The molecule has 0 heterocycles. The van der Waals surface area contributed by atoms with E-state index in [4.69, 9.17) is 14.2 Å². The van der Waals surface area contributed by atoms with Gasteiger partial charge in [0, 0.05) is 20.1 Å². The molecule has 156 valence electrons. The molecule has 29 heavy (non-hydrogen) atoms. The highest BCUT2D eigenvalue weighted by molar-refractivity contribution is 5.86. The van der Waals surface area contributed by atoms with Crippen LogP contribution in [0.3, 0.4) is 0 Å². The number of carbonyl (C=O) groups is 1. The second kappa shape index (κ2) is 11.4. The molecule has 0 radical (unpaired) electrons. The lowest BCUT2D eigenvalue weighted by Gasteiger charge is -2.13. The molecule has 0 fully saturated rings. The molecule has 0 atom stereocenters. The van der Waals surface area contributed by atoms with Crippen molar-refractivity contribution in [1.29, 1.82) is 0 Å². The Kier molecular flexibility index (Phi) is 8.62. The van der Waals surface area contributed by atoms with E-state index in [0.717, 1.165) is 16.9 Å². The molecule has 2 aromatic carbocycles. The molecule has 0 saturated heterocycles. The first-order valence-electron chi connectivity index (χ1n) is 9.14. The van der Waals surface area contributed by atoms with E-state index in [9.17, 15) is 4.79 Å². The summed E-state index contributed by atoms with van der Waals surface area (Å²) in [4.78, 5) is 16.2. The Labute approximate surface area is 171 Å². The van der Waals surface area contributed by atoms with Crippen LogP contribution in [-0.2, 0) is 17.9 Å². The fourth-order valence-corrected chi connectivity index (χ4v) is 2.57. The van der Waals surface area contributed by atoms with Crippen LogP contribution in [0.15, 0.2) is 47.5 Å². The van der Waals surface area contributed by atoms with E-state index in [0.29, 0.717) is 30.5 Å². The summed E-state index contributed by atoms with van der Waals surface area (Å²) >= 11 is 0. The number of aliphatic imine (C=N–C) groups is 1. The van der Waals surface area contributed by atoms with E-state index < -0.39 is 0 Å². The molecule has 0 aliphatic rings. The average Bonchev–Trinajstić information content (AvgIpc) is 2.77. The molecule has 0 unspecified atom stereocenters. The number of benzene rings is 2. The first-order valence-corrected chi connectivity index (χ1v) is 9.14. The SMILES string of the molecule is CN=C(NCC(=O)NCc1ccc(OC)cc1)NCc1ccc(OC)c(OC)c1. The average molecular weight is 400 g/mol. The summed E-state index contributed by atoms with van der Waals surface area (Å²) in [6.07, 6.45) is 0. The monoisotopic (exact) mass is 400 g/mol. The molecule has 0 bridgehead atoms. The number of rotatable bonds is 9. The van der Waals surface area contributed by atoms with Crippen LogP contribution in [0.5, 0.6) is 17.2 Å². The standard InChI is InChI=1S/C21H28N4O4/c1-22-21(24-13-16-7-10-18(28-3)19(11-16)29-4)25-14-20(26)23-12-15-5-8-17(27-2)9-6-15/h5-11H,12-14H2,1-4H3,(H,23,26)(H2,22,24,25). The number of methoxy groups -OCH3 is 3. The van der Waals surface area contributed by atoms with Gasteiger partial charge in [-0.15, -0.1) is 0 Å². The summed E-state index contributed by atoms with van der Waals surface area (Å²) in [7, 11) is 6.47. The van der Waals surface area contributed by atoms with Crippen LogP contribution in [0.1, 0.15) is 11.1 Å². The number of guanidine groups is 1. The van der Waals surface area contributed by atoms with E-state index in [2.05, 4.69) is 20.9 Å². The maximum Gasteiger partial charge on any atom is 0.239 e. The highest BCUT2D eigenvalue weighted by atomic mass is 16.5. The Bertz CT molecular complexity index is 822. The Morgan fingerprint density at radius 2 is 1.48 bits per heavy atom. The van der Waals surface area contributed by atoms with Crippen LogP contribution in [0.2, 0.25) is 0 Å². The second-order valence-electron chi connectivity index (χ2n) is 6.09. The zero-order chi connectivity index (χ0) is 21.1. The lowest BCUT2D eigenvalue weighted by Crippen LogP contribution is -2.42. The van der Waals surface area contributed by atoms with Gasteiger partial charge in [0.15, 0.2) is 17.5 Å². The maximum absolute atomic E-state index is 12.1. The van der Waals surface area contributed by atoms with Crippen LogP contribution in [-0.4, -0.2) is 46.8 Å². The quantitative estimate of drug-likeness (QED) is 0.438. The van der Waals surface area contributed by atoms with Gasteiger partial charge >= 0.3 is 0 Å². The van der Waals surface area contributed by atoms with Crippen molar-refractivity contribution in [2.75, 3.05) is 34.9 Å². The van der Waals surface area contributed by atoms with Gasteiger partial charge in [-0.3, -0.25) is 9.79 Å². The summed E-state index contributed by atoms with van der Waals surface area (Å²) in [6, 6.07) is 13.2. The normalized spacial score (nSPS) is 10.8. The van der Waals surface area contributed by atoms with Crippen LogP contribution >= 0.6 is 0 Å². The summed E-state index contributed by atoms with van der Waals surface area (Å²) in [6.45, 7) is 1.08. The molecule has 3 N–H and O–H groups in total. The highest BCUT2D eigenvalue weighted by Crippen LogP contribution is 2.27. The summed E-state index contributed by atoms with van der Waals surface area (Å²) in [5, 5.41) is 9.02. The minimum atomic E-state index is -0.130. The zero-order valence-electron chi connectivity index (χ0n) is 17.2. The van der Waals surface area contributed by atoms with Crippen molar-refractivity contribution in [3.63, 3.8) is 0 Å². The minimum absolute atomic E-state index is 0.113. The number of hydrogen-bond acceptors (Lipinski definition) is 5. The maximum atomic E-state index is 12.1. The minimum Gasteiger partial charge on any atom is -0.497 e. The lowest BCUT2D eigenvalue weighted by molar-refractivity contribution is -0.120. The van der Waals surface area contributed by atoms with Crippen molar-refractivity contribution in [3.8, 4) is 17.2 Å². The molecule has 2 aromatic rings. The number of amides is 1. The molecule has 2 rings (SSSR count). The van der Waals surface area contributed by atoms with Gasteiger partial charge in [0.05, 0.1) is 27.9 Å². The predicted octanol–water partition coefficient (Wildman–Crippen LogP) is 1.69. The van der Waals surface area contributed by atoms with Crippen molar-refractivity contribution >= 4 is 11.9 Å². The van der Waals surface area contributed by atoms with Gasteiger partial charge in [-0.25, -0.2) is 0 Å². The largest absolute Gasteiger partial charge is 0.497 e. The van der Waals surface area contributed by atoms with Crippen molar-refractivity contribution in [1.82, 2.24) is 16.0 Å². The topological polar surface area (TPSA) is 93.2 Å². The number of nitrogens with one attached hydrogen (secondary N) is 3. The fraction of sp³-hybridized carbons (Fsp3) is 0.333. The molecular formula is C21H28N4O4. The number of ether oxygens (including phenoxy) is 3. The third-order valence-electron chi connectivity index (χ3n) is 4.20. The second-order valence-corrected chi connectivity index (χ2v) is 6.09. The van der Waals surface area contributed by atoms with Gasteiger partial charge in [-0.2, -0.15) is 0 Å². The summed E-state index contributed by atoms with van der Waals surface area (Å²) < 4.78 is 15.7. The van der Waals surface area contributed by atoms with E-state index in [1.54, 1.807) is 28.4 Å². The first kappa shape index (κ1) is 21.9. The molecule has 0 saturated carbocycles. The van der Waals surface area contributed by atoms with E-state index >= 15 is 0 Å². The summed E-state index contributed by atoms with van der Waals surface area (Å²) in [5.74, 6) is 2.51. The lowest BCUT2D eigenvalue weighted by atomic mass is 10.2. The number of carbonyl (C=O) groups excluding carboxylic acids is 1. The number of nitrogens with zero attached hydrogens (tertiary/aromatic N) is 1. The van der Waals surface area contributed by atoms with Crippen LogP contribution in [0.25, 0.3) is 0 Å². The molecule has 0 aromatic heterocycles. The Morgan fingerprint density at radius 1 is 0.828 bits per heavy atom. The van der Waals surface area contributed by atoms with Crippen molar-refractivity contribution in [2.24, 2.45) is 4.99 Å². The van der Waals surface area contributed by atoms with Gasteiger partial charge < -0.3 is 30.2 Å². The fourth-order valence-electron chi connectivity index (χ4n) is 2.57. The van der Waals surface area contributed by atoms with E-state index in [1.165, 1.54) is 0 Å². The summed E-state index contributed by atoms with van der Waals surface area (Å²) in [5.41, 5.74) is 1.99. The first-order chi connectivity index (χ1) is 14.1. The molecule has 8 heteroatoms. The van der Waals surface area contributed by atoms with Gasteiger partial charge in [0.2, 0.25) is 5.91 Å². The smallest absolute Gasteiger partial charge is 0.239 e. The van der Waals surface area contributed by atoms with Crippen molar-refractivity contribution in [2.45, 2.75) is 13.1 Å².